The smallest absolute Gasteiger partial charge is 0.134 e. The number of fused-ring (bicyclic) bond motifs is 1. The summed E-state index contributed by atoms with van der Waals surface area (Å²) in [5.41, 5.74) is 1.02. The Hall–Kier alpha value is -1.28. The third-order valence-corrected chi connectivity index (χ3v) is 3.20. The van der Waals surface area contributed by atoms with Gasteiger partial charge >= 0.3 is 0 Å². The molecular weight excluding hydrogens is 186 g/mol. The molecule has 1 saturated carbocycles. The maximum absolute atomic E-state index is 5.84. The molecule has 1 aromatic carbocycles. The van der Waals surface area contributed by atoms with Crippen LogP contribution in [0.25, 0.3) is 11.0 Å². The predicted octanol–water partition coefficient (Wildman–Crippen LogP) is 2.76. The lowest BCUT2D eigenvalue weighted by Gasteiger charge is -1.94. The zero-order valence-corrected chi connectivity index (χ0v) is 8.86. The van der Waals surface area contributed by atoms with Crippen molar-refractivity contribution < 1.29 is 4.42 Å². The minimum absolute atomic E-state index is 0.643. The fraction of sp³-hybridized carbons (Fsp3) is 0.385. The molecule has 78 valence electrons. The average molecular weight is 201 g/mol. The molecule has 2 nitrogen and oxygen atoms in total. The minimum Gasteiger partial charge on any atom is -0.461 e. The van der Waals surface area contributed by atoms with Gasteiger partial charge in [0.2, 0.25) is 0 Å². The van der Waals surface area contributed by atoms with Crippen LogP contribution in [0.1, 0.15) is 18.1 Å². The van der Waals surface area contributed by atoms with Gasteiger partial charge in [-0.15, -0.1) is 0 Å². The zero-order valence-electron chi connectivity index (χ0n) is 8.86. The molecule has 1 aliphatic carbocycles. The lowest BCUT2D eigenvalue weighted by Crippen LogP contribution is -2.09. The highest BCUT2D eigenvalue weighted by Crippen LogP contribution is 2.48. The van der Waals surface area contributed by atoms with Crippen molar-refractivity contribution >= 4 is 11.0 Å². The monoisotopic (exact) mass is 201 g/mol. The standard InChI is InChI=1S/C13H15NO/c1-14-8-10-6-11(10)13-7-9-4-2-3-5-12(9)15-13/h2-5,7,10-11,14H,6,8H2,1H3. The van der Waals surface area contributed by atoms with Crippen molar-refractivity contribution in [2.45, 2.75) is 12.3 Å². The van der Waals surface area contributed by atoms with Gasteiger partial charge in [0.15, 0.2) is 0 Å². The Morgan fingerprint density at radius 2 is 2.27 bits per heavy atom. The average Bonchev–Trinajstić information content (AvgIpc) is 2.89. The second-order valence-corrected chi connectivity index (χ2v) is 4.35. The lowest BCUT2D eigenvalue weighted by molar-refractivity contribution is 0.536. The van der Waals surface area contributed by atoms with E-state index in [0.29, 0.717) is 5.92 Å². The summed E-state index contributed by atoms with van der Waals surface area (Å²) in [5.74, 6) is 2.58. The molecule has 2 unspecified atom stereocenters. The molecule has 2 heteroatoms. The summed E-state index contributed by atoms with van der Waals surface area (Å²) in [6, 6.07) is 10.4. The van der Waals surface area contributed by atoms with Gasteiger partial charge in [-0.2, -0.15) is 0 Å². The Morgan fingerprint density at radius 3 is 3.07 bits per heavy atom. The molecule has 0 amide bonds. The SMILES string of the molecule is CNCC1CC1c1cc2ccccc2o1. The van der Waals surface area contributed by atoms with E-state index in [4.69, 9.17) is 4.42 Å². The van der Waals surface area contributed by atoms with E-state index in [9.17, 15) is 0 Å². The summed E-state index contributed by atoms with van der Waals surface area (Å²) >= 11 is 0. The Labute approximate surface area is 89.3 Å². The fourth-order valence-corrected chi connectivity index (χ4v) is 2.27. The third kappa shape index (κ3) is 1.55. The molecule has 3 rings (SSSR count). The van der Waals surface area contributed by atoms with Gasteiger partial charge in [0.25, 0.3) is 0 Å². The Kier molecular flexibility index (Phi) is 2.03. The van der Waals surface area contributed by atoms with Crippen molar-refractivity contribution in [1.82, 2.24) is 5.32 Å². The first-order valence-corrected chi connectivity index (χ1v) is 5.51. The largest absolute Gasteiger partial charge is 0.461 e. The highest BCUT2D eigenvalue weighted by molar-refractivity contribution is 5.77. The maximum atomic E-state index is 5.84. The molecule has 2 aromatic rings. The summed E-state index contributed by atoms with van der Waals surface area (Å²) in [4.78, 5) is 0. The van der Waals surface area contributed by atoms with Crippen LogP contribution in [0.15, 0.2) is 34.7 Å². The van der Waals surface area contributed by atoms with Crippen LogP contribution in [-0.4, -0.2) is 13.6 Å². The van der Waals surface area contributed by atoms with Gasteiger partial charge in [0, 0.05) is 11.3 Å². The van der Waals surface area contributed by atoms with E-state index in [0.717, 1.165) is 23.8 Å². The summed E-state index contributed by atoms with van der Waals surface area (Å²) in [6.07, 6.45) is 1.26. The van der Waals surface area contributed by atoms with Crippen molar-refractivity contribution in [2.24, 2.45) is 5.92 Å². The van der Waals surface area contributed by atoms with Crippen LogP contribution in [0.2, 0.25) is 0 Å². The Morgan fingerprint density at radius 1 is 1.40 bits per heavy atom. The molecular formula is C13H15NO. The van der Waals surface area contributed by atoms with Crippen molar-refractivity contribution in [1.29, 1.82) is 0 Å². The van der Waals surface area contributed by atoms with Crippen LogP contribution in [0.5, 0.6) is 0 Å². The molecule has 1 N–H and O–H groups in total. The normalized spacial score (nSPS) is 24.6. The van der Waals surface area contributed by atoms with E-state index in [2.05, 4.69) is 23.5 Å². The Bertz CT molecular complexity index is 441. The molecule has 2 atom stereocenters. The second-order valence-electron chi connectivity index (χ2n) is 4.35. The van der Waals surface area contributed by atoms with Crippen molar-refractivity contribution in [2.75, 3.05) is 13.6 Å². The van der Waals surface area contributed by atoms with Gasteiger partial charge in [-0.05, 0) is 38.1 Å². The molecule has 1 aromatic heterocycles. The van der Waals surface area contributed by atoms with E-state index >= 15 is 0 Å². The van der Waals surface area contributed by atoms with Crippen LogP contribution in [0.3, 0.4) is 0 Å². The lowest BCUT2D eigenvalue weighted by atomic mass is 10.2. The quantitative estimate of drug-likeness (QED) is 0.826. The van der Waals surface area contributed by atoms with Gasteiger partial charge in [-0.25, -0.2) is 0 Å². The van der Waals surface area contributed by atoms with Crippen LogP contribution >= 0.6 is 0 Å². The fourth-order valence-electron chi connectivity index (χ4n) is 2.27. The minimum atomic E-state index is 0.643. The van der Waals surface area contributed by atoms with Crippen LogP contribution < -0.4 is 5.32 Å². The highest BCUT2D eigenvalue weighted by atomic mass is 16.3. The van der Waals surface area contributed by atoms with Crippen LogP contribution in [0, 0.1) is 5.92 Å². The van der Waals surface area contributed by atoms with E-state index in [1.54, 1.807) is 0 Å². The third-order valence-electron chi connectivity index (χ3n) is 3.20. The van der Waals surface area contributed by atoms with Gasteiger partial charge in [0.1, 0.15) is 11.3 Å². The number of hydrogen-bond donors (Lipinski definition) is 1. The van der Waals surface area contributed by atoms with Crippen LogP contribution in [0.4, 0.5) is 0 Å². The zero-order chi connectivity index (χ0) is 10.3. The summed E-state index contributed by atoms with van der Waals surface area (Å²) in [7, 11) is 2.01. The molecule has 1 fully saturated rings. The van der Waals surface area contributed by atoms with E-state index in [-0.39, 0.29) is 0 Å². The first-order valence-electron chi connectivity index (χ1n) is 5.51. The van der Waals surface area contributed by atoms with Gasteiger partial charge in [-0.3, -0.25) is 0 Å². The summed E-state index contributed by atoms with van der Waals surface area (Å²) in [5, 5.41) is 4.45. The molecule has 0 radical (unpaired) electrons. The van der Waals surface area contributed by atoms with Crippen molar-refractivity contribution in [3.05, 3.63) is 36.1 Å². The molecule has 0 spiro atoms. The number of para-hydroxylation sites is 1. The molecule has 0 bridgehead atoms. The van der Waals surface area contributed by atoms with Gasteiger partial charge in [0.05, 0.1) is 0 Å². The molecule has 1 heterocycles. The topological polar surface area (TPSA) is 25.2 Å². The van der Waals surface area contributed by atoms with Crippen LogP contribution in [-0.2, 0) is 0 Å². The summed E-state index contributed by atoms with van der Waals surface area (Å²) in [6.45, 7) is 1.10. The second kappa shape index (κ2) is 3.38. The number of benzene rings is 1. The van der Waals surface area contributed by atoms with E-state index in [1.807, 2.05) is 19.2 Å². The number of furan rings is 1. The van der Waals surface area contributed by atoms with E-state index in [1.165, 1.54) is 11.8 Å². The first-order chi connectivity index (χ1) is 7.38. The van der Waals surface area contributed by atoms with Crippen molar-refractivity contribution in [3.63, 3.8) is 0 Å². The molecule has 15 heavy (non-hydrogen) atoms. The number of hydrogen-bond acceptors (Lipinski definition) is 2. The summed E-state index contributed by atoms with van der Waals surface area (Å²) < 4.78 is 5.84. The van der Waals surface area contributed by atoms with Gasteiger partial charge < -0.3 is 9.73 Å². The van der Waals surface area contributed by atoms with Gasteiger partial charge in [-0.1, -0.05) is 18.2 Å². The molecule has 1 aliphatic rings. The van der Waals surface area contributed by atoms with E-state index < -0.39 is 0 Å². The molecule has 0 aliphatic heterocycles. The first kappa shape index (κ1) is 8.98. The van der Waals surface area contributed by atoms with Crippen molar-refractivity contribution in [3.8, 4) is 0 Å². The molecule has 0 saturated heterocycles. The number of rotatable bonds is 3. The highest BCUT2D eigenvalue weighted by Gasteiger charge is 2.39. The predicted molar refractivity (Wildman–Crippen MR) is 61.0 cm³/mol. The maximum Gasteiger partial charge on any atom is 0.134 e. The number of nitrogens with one attached hydrogen (secondary N) is 1. The Balaban J connectivity index is 1.87.